The number of amides is 1. The van der Waals surface area contributed by atoms with Gasteiger partial charge in [0.15, 0.2) is 11.2 Å². The number of H-pyrrole nitrogens is 1. The first-order valence-corrected chi connectivity index (χ1v) is 7.93. The van der Waals surface area contributed by atoms with Crippen LogP contribution in [0.2, 0.25) is 5.02 Å². The molecule has 0 aliphatic carbocycles. The van der Waals surface area contributed by atoms with Crippen LogP contribution in [-0.2, 0) is 6.42 Å². The standard InChI is InChI=1S/C17H16ClN3O3/c1-10-7-12(22)9-15(24-10)17(23)19-6-2-3-16-20-13-5-4-11(18)8-14(13)21-16/h4-5,7-9H,2-3,6H2,1H3,(H,19,23)(H,20,21). The van der Waals surface area contributed by atoms with Crippen LogP contribution in [0.25, 0.3) is 11.0 Å². The smallest absolute Gasteiger partial charge is 0.287 e. The van der Waals surface area contributed by atoms with Gasteiger partial charge in [0, 0.05) is 30.1 Å². The summed E-state index contributed by atoms with van der Waals surface area (Å²) in [4.78, 5) is 31.0. The van der Waals surface area contributed by atoms with Gasteiger partial charge in [-0.3, -0.25) is 9.59 Å². The summed E-state index contributed by atoms with van der Waals surface area (Å²) in [5.74, 6) is 0.878. The maximum Gasteiger partial charge on any atom is 0.287 e. The Hall–Kier alpha value is -2.60. The number of halogens is 1. The molecule has 0 radical (unpaired) electrons. The zero-order valence-electron chi connectivity index (χ0n) is 13.1. The summed E-state index contributed by atoms with van der Waals surface area (Å²) in [5, 5.41) is 3.39. The number of carbonyl (C=O) groups excluding carboxylic acids is 1. The topological polar surface area (TPSA) is 88.0 Å². The van der Waals surface area contributed by atoms with Crippen LogP contribution in [0.4, 0.5) is 0 Å². The third kappa shape index (κ3) is 3.83. The van der Waals surface area contributed by atoms with Gasteiger partial charge in [-0.2, -0.15) is 0 Å². The van der Waals surface area contributed by atoms with Gasteiger partial charge >= 0.3 is 0 Å². The van der Waals surface area contributed by atoms with Crippen LogP contribution >= 0.6 is 11.6 Å². The van der Waals surface area contributed by atoms with E-state index in [0.29, 0.717) is 30.2 Å². The number of rotatable bonds is 5. The number of aromatic amines is 1. The Morgan fingerprint density at radius 2 is 2.17 bits per heavy atom. The van der Waals surface area contributed by atoms with Gasteiger partial charge in [-0.1, -0.05) is 11.6 Å². The summed E-state index contributed by atoms with van der Waals surface area (Å²) in [7, 11) is 0. The Bertz CT molecular complexity index is 946. The fourth-order valence-electron chi connectivity index (χ4n) is 2.41. The largest absolute Gasteiger partial charge is 0.456 e. The molecule has 0 atom stereocenters. The number of fused-ring (bicyclic) bond motifs is 1. The third-order valence-electron chi connectivity index (χ3n) is 3.48. The summed E-state index contributed by atoms with van der Waals surface area (Å²) < 4.78 is 5.24. The van der Waals surface area contributed by atoms with E-state index in [1.54, 1.807) is 13.0 Å². The number of carbonyl (C=O) groups is 1. The second kappa shape index (κ2) is 6.88. The van der Waals surface area contributed by atoms with Crippen molar-refractivity contribution in [3.8, 4) is 0 Å². The molecule has 1 aromatic carbocycles. The number of aryl methyl sites for hydroxylation is 2. The fraction of sp³-hybridized carbons (Fsp3) is 0.235. The normalized spacial score (nSPS) is 10.9. The highest BCUT2D eigenvalue weighted by molar-refractivity contribution is 6.31. The van der Waals surface area contributed by atoms with Crippen molar-refractivity contribution in [2.75, 3.05) is 6.54 Å². The Labute approximate surface area is 142 Å². The Morgan fingerprint density at radius 1 is 1.33 bits per heavy atom. The molecule has 2 N–H and O–H groups in total. The van der Waals surface area contributed by atoms with Crippen LogP contribution in [0.5, 0.6) is 0 Å². The quantitative estimate of drug-likeness (QED) is 0.696. The molecule has 124 valence electrons. The number of hydrogen-bond acceptors (Lipinski definition) is 4. The third-order valence-corrected chi connectivity index (χ3v) is 3.72. The zero-order chi connectivity index (χ0) is 17.1. The summed E-state index contributed by atoms with van der Waals surface area (Å²) in [5.41, 5.74) is 1.51. The minimum absolute atomic E-state index is 0.0263. The summed E-state index contributed by atoms with van der Waals surface area (Å²) in [6, 6.07) is 8.01. The van der Waals surface area contributed by atoms with E-state index in [0.717, 1.165) is 16.9 Å². The van der Waals surface area contributed by atoms with Gasteiger partial charge in [-0.25, -0.2) is 4.98 Å². The van der Waals surface area contributed by atoms with Gasteiger partial charge in [0.05, 0.1) is 11.0 Å². The lowest BCUT2D eigenvalue weighted by Gasteiger charge is -2.04. The number of nitrogens with one attached hydrogen (secondary N) is 2. The van der Waals surface area contributed by atoms with Crippen LogP contribution < -0.4 is 10.7 Å². The molecule has 0 aliphatic rings. The predicted molar refractivity (Wildman–Crippen MR) is 91.5 cm³/mol. The number of aromatic nitrogens is 2. The van der Waals surface area contributed by atoms with Crippen molar-refractivity contribution in [2.45, 2.75) is 19.8 Å². The Morgan fingerprint density at radius 3 is 2.96 bits per heavy atom. The molecule has 0 fully saturated rings. The molecule has 0 unspecified atom stereocenters. The lowest BCUT2D eigenvalue weighted by molar-refractivity contribution is 0.0921. The second-order valence-corrected chi connectivity index (χ2v) is 5.91. The summed E-state index contributed by atoms with van der Waals surface area (Å²) in [6.07, 6.45) is 1.39. The van der Waals surface area contributed by atoms with E-state index in [4.69, 9.17) is 16.0 Å². The maximum absolute atomic E-state index is 12.0. The minimum Gasteiger partial charge on any atom is -0.456 e. The molecule has 1 amide bonds. The van der Waals surface area contributed by atoms with Crippen LogP contribution in [0.15, 0.2) is 39.5 Å². The van der Waals surface area contributed by atoms with Crippen LogP contribution in [0, 0.1) is 6.92 Å². The van der Waals surface area contributed by atoms with E-state index in [1.807, 2.05) is 12.1 Å². The number of imidazole rings is 1. The molecular formula is C17H16ClN3O3. The number of nitrogens with zero attached hydrogens (tertiary/aromatic N) is 1. The molecule has 0 saturated carbocycles. The highest BCUT2D eigenvalue weighted by Gasteiger charge is 2.10. The van der Waals surface area contributed by atoms with Gasteiger partial charge in [0.25, 0.3) is 5.91 Å². The molecular weight excluding hydrogens is 330 g/mol. The highest BCUT2D eigenvalue weighted by atomic mass is 35.5. The second-order valence-electron chi connectivity index (χ2n) is 5.47. The van der Waals surface area contributed by atoms with E-state index >= 15 is 0 Å². The van der Waals surface area contributed by atoms with Crippen LogP contribution in [0.1, 0.15) is 28.6 Å². The van der Waals surface area contributed by atoms with Crippen LogP contribution in [0.3, 0.4) is 0 Å². The summed E-state index contributed by atoms with van der Waals surface area (Å²) >= 11 is 5.94. The van der Waals surface area contributed by atoms with Crippen molar-refractivity contribution < 1.29 is 9.21 Å². The predicted octanol–water partition coefficient (Wildman–Crippen LogP) is 2.84. The fourth-order valence-corrected chi connectivity index (χ4v) is 2.59. The molecule has 7 heteroatoms. The minimum atomic E-state index is -0.396. The van der Waals surface area contributed by atoms with Gasteiger partial charge in [0.2, 0.25) is 0 Å². The maximum atomic E-state index is 12.0. The van der Waals surface area contributed by atoms with Gasteiger partial charge in [-0.15, -0.1) is 0 Å². The SMILES string of the molecule is Cc1cc(=O)cc(C(=O)NCCCc2nc3ccc(Cl)cc3[nH]2)o1. The molecule has 2 heterocycles. The van der Waals surface area contributed by atoms with E-state index in [-0.39, 0.29) is 11.2 Å². The average Bonchev–Trinajstić information content (AvgIpc) is 2.92. The van der Waals surface area contributed by atoms with Crippen molar-refractivity contribution in [3.05, 3.63) is 62.9 Å². The van der Waals surface area contributed by atoms with E-state index in [9.17, 15) is 9.59 Å². The molecule has 0 aliphatic heterocycles. The van der Waals surface area contributed by atoms with Crippen molar-refractivity contribution in [1.29, 1.82) is 0 Å². The molecule has 24 heavy (non-hydrogen) atoms. The van der Waals surface area contributed by atoms with Crippen molar-refractivity contribution in [2.24, 2.45) is 0 Å². The molecule has 0 saturated heterocycles. The molecule has 0 bridgehead atoms. The van der Waals surface area contributed by atoms with Crippen molar-refractivity contribution in [1.82, 2.24) is 15.3 Å². The van der Waals surface area contributed by atoms with Crippen molar-refractivity contribution >= 4 is 28.5 Å². The average molecular weight is 346 g/mol. The van der Waals surface area contributed by atoms with Gasteiger partial charge in [0.1, 0.15) is 11.6 Å². The first-order chi connectivity index (χ1) is 11.5. The summed E-state index contributed by atoms with van der Waals surface area (Å²) in [6.45, 7) is 2.08. The molecule has 0 spiro atoms. The molecule has 2 aromatic heterocycles. The molecule has 3 aromatic rings. The van der Waals surface area contributed by atoms with Gasteiger partial charge in [-0.05, 0) is 31.5 Å². The lowest BCUT2D eigenvalue weighted by Crippen LogP contribution is -2.25. The Kier molecular flexibility index (Phi) is 4.66. The highest BCUT2D eigenvalue weighted by Crippen LogP contribution is 2.17. The van der Waals surface area contributed by atoms with Gasteiger partial charge < -0.3 is 14.7 Å². The monoisotopic (exact) mass is 345 g/mol. The van der Waals surface area contributed by atoms with E-state index < -0.39 is 5.91 Å². The lowest BCUT2D eigenvalue weighted by atomic mass is 10.3. The Balaban J connectivity index is 1.54. The number of hydrogen-bond donors (Lipinski definition) is 2. The van der Waals surface area contributed by atoms with Crippen LogP contribution in [-0.4, -0.2) is 22.4 Å². The van der Waals surface area contributed by atoms with E-state index in [1.165, 1.54) is 12.1 Å². The first-order valence-electron chi connectivity index (χ1n) is 7.55. The number of benzene rings is 1. The molecule has 6 nitrogen and oxygen atoms in total. The first kappa shape index (κ1) is 16.3. The van der Waals surface area contributed by atoms with E-state index in [2.05, 4.69) is 15.3 Å². The zero-order valence-corrected chi connectivity index (χ0v) is 13.8. The molecule has 3 rings (SSSR count). The van der Waals surface area contributed by atoms with Crippen molar-refractivity contribution in [3.63, 3.8) is 0 Å².